The second-order valence-corrected chi connectivity index (χ2v) is 4.60. The summed E-state index contributed by atoms with van der Waals surface area (Å²) >= 11 is 0. The maximum atomic E-state index is 11.6. The minimum atomic E-state index is -0.506. The van der Waals surface area contributed by atoms with Gasteiger partial charge in [-0.3, -0.25) is 9.78 Å². The van der Waals surface area contributed by atoms with E-state index in [1.54, 1.807) is 11.1 Å². The second-order valence-electron chi connectivity index (χ2n) is 4.60. The van der Waals surface area contributed by atoms with Crippen LogP contribution in [-0.4, -0.2) is 47.6 Å². The molecule has 0 saturated carbocycles. The number of aliphatic hydroxyl groups excluding tert-OH is 1. The molecule has 18 heavy (non-hydrogen) atoms. The number of carbonyl (C=O) groups is 1. The Morgan fingerprint density at radius 1 is 1.44 bits per heavy atom. The number of carbonyl (C=O) groups excluding carboxylic acids is 1. The van der Waals surface area contributed by atoms with Gasteiger partial charge in [0.05, 0.1) is 30.2 Å². The van der Waals surface area contributed by atoms with E-state index in [4.69, 9.17) is 0 Å². The molecule has 5 nitrogen and oxygen atoms in total. The molecule has 0 aliphatic carbocycles. The van der Waals surface area contributed by atoms with E-state index < -0.39 is 6.10 Å². The molecule has 98 valence electrons. The van der Waals surface area contributed by atoms with E-state index in [0.29, 0.717) is 18.7 Å². The Morgan fingerprint density at radius 3 is 2.78 bits per heavy atom. The van der Waals surface area contributed by atoms with Gasteiger partial charge < -0.3 is 14.9 Å². The van der Waals surface area contributed by atoms with Gasteiger partial charge >= 0.3 is 0 Å². The highest BCUT2D eigenvalue weighted by Crippen LogP contribution is 2.19. The van der Waals surface area contributed by atoms with Gasteiger partial charge in [0.2, 0.25) is 5.91 Å². The van der Waals surface area contributed by atoms with Crippen LogP contribution < -0.4 is 4.90 Å². The number of rotatable bonds is 3. The lowest BCUT2D eigenvalue weighted by Gasteiger charge is -2.33. The molecular weight excluding hydrogens is 230 g/mol. The van der Waals surface area contributed by atoms with E-state index in [1.165, 1.54) is 0 Å². The predicted octanol–water partition coefficient (Wildman–Crippen LogP) is 0.803. The zero-order valence-corrected chi connectivity index (χ0v) is 10.8. The number of hydrogen-bond donors (Lipinski definition) is 1. The summed E-state index contributed by atoms with van der Waals surface area (Å²) in [5.74, 6) is 0.124. The van der Waals surface area contributed by atoms with E-state index in [1.807, 2.05) is 31.0 Å². The number of aliphatic hydroxyl groups is 1. The number of likely N-dealkylation sites (N-methyl/N-ethyl adjacent to an activating group) is 1. The molecule has 0 aromatic carbocycles. The first kappa shape index (κ1) is 12.8. The highest BCUT2D eigenvalue weighted by molar-refractivity contribution is 5.82. The molecule has 2 rings (SSSR count). The summed E-state index contributed by atoms with van der Waals surface area (Å²) in [6, 6.07) is 3.74. The minimum Gasteiger partial charge on any atom is -0.387 e. The molecule has 1 saturated heterocycles. The van der Waals surface area contributed by atoms with Gasteiger partial charge in [-0.2, -0.15) is 0 Å². The van der Waals surface area contributed by atoms with Crippen molar-refractivity contribution < 1.29 is 9.90 Å². The van der Waals surface area contributed by atoms with Gasteiger partial charge in [0.1, 0.15) is 0 Å². The van der Waals surface area contributed by atoms with Crippen LogP contribution >= 0.6 is 0 Å². The van der Waals surface area contributed by atoms with Crippen molar-refractivity contribution in [1.29, 1.82) is 0 Å². The maximum Gasteiger partial charge on any atom is 0.241 e. The molecule has 1 atom stereocenters. The number of anilines is 1. The minimum absolute atomic E-state index is 0.124. The first-order valence-corrected chi connectivity index (χ1v) is 6.24. The quantitative estimate of drug-likeness (QED) is 0.861. The first-order valence-electron chi connectivity index (χ1n) is 6.24. The lowest BCUT2D eigenvalue weighted by molar-refractivity contribution is -0.129. The van der Waals surface area contributed by atoms with Crippen LogP contribution in [0.3, 0.4) is 0 Å². The van der Waals surface area contributed by atoms with Gasteiger partial charge in [0, 0.05) is 20.1 Å². The second kappa shape index (κ2) is 5.35. The Hall–Kier alpha value is -1.62. The van der Waals surface area contributed by atoms with Crippen LogP contribution in [0.1, 0.15) is 25.1 Å². The number of hydrogen-bond acceptors (Lipinski definition) is 4. The fourth-order valence-corrected chi connectivity index (χ4v) is 1.97. The van der Waals surface area contributed by atoms with Gasteiger partial charge in [-0.1, -0.05) is 6.92 Å². The van der Waals surface area contributed by atoms with Crippen LogP contribution in [0.4, 0.5) is 5.69 Å². The van der Waals surface area contributed by atoms with Crippen molar-refractivity contribution in [1.82, 2.24) is 9.88 Å². The van der Waals surface area contributed by atoms with Crippen molar-refractivity contribution in [3.8, 4) is 0 Å². The van der Waals surface area contributed by atoms with Gasteiger partial charge in [-0.05, 0) is 18.6 Å². The number of amides is 1. The molecule has 0 bridgehead atoms. The summed E-state index contributed by atoms with van der Waals surface area (Å²) < 4.78 is 0. The summed E-state index contributed by atoms with van der Waals surface area (Å²) in [5.41, 5.74) is 1.62. The van der Waals surface area contributed by atoms with Crippen LogP contribution in [0, 0.1) is 0 Å². The summed E-state index contributed by atoms with van der Waals surface area (Å²) in [6.45, 7) is 3.87. The van der Waals surface area contributed by atoms with Crippen molar-refractivity contribution in [2.24, 2.45) is 0 Å². The largest absolute Gasteiger partial charge is 0.387 e. The first-order chi connectivity index (χ1) is 8.61. The Kier molecular flexibility index (Phi) is 3.81. The Balaban J connectivity index is 2.08. The summed E-state index contributed by atoms with van der Waals surface area (Å²) in [7, 11) is 1.82. The fourth-order valence-electron chi connectivity index (χ4n) is 1.97. The van der Waals surface area contributed by atoms with Crippen LogP contribution in [0.5, 0.6) is 0 Å². The smallest absolute Gasteiger partial charge is 0.241 e. The van der Waals surface area contributed by atoms with Crippen molar-refractivity contribution >= 4 is 11.6 Å². The molecule has 5 heteroatoms. The Morgan fingerprint density at radius 2 is 2.22 bits per heavy atom. The lowest BCUT2D eigenvalue weighted by atomic mass is 10.2. The van der Waals surface area contributed by atoms with E-state index in [9.17, 15) is 9.90 Å². The van der Waals surface area contributed by atoms with Crippen molar-refractivity contribution in [2.75, 3.05) is 31.6 Å². The van der Waals surface area contributed by atoms with Gasteiger partial charge in [0.15, 0.2) is 0 Å². The Bertz CT molecular complexity index is 419. The molecule has 2 heterocycles. The predicted molar refractivity (Wildman–Crippen MR) is 69.3 cm³/mol. The molecule has 1 N–H and O–H groups in total. The zero-order chi connectivity index (χ0) is 13.1. The molecule has 0 radical (unpaired) electrons. The normalized spacial score (nSPS) is 18.1. The van der Waals surface area contributed by atoms with Gasteiger partial charge in [0.25, 0.3) is 0 Å². The molecule has 0 spiro atoms. The van der Waals surface area contributed by atoms with Crippen molar-refractivity contribution in [3.63, 3.8) is 0 Å². The topological polar surface area (TPSA) is 56.7 Å². The maximum absolute atomic E-state index is 11.6. The number of nitrogens with zero attached hydrogens (tertiary/aromatic N) is 3. The average Bonchev–Trinajstić information content (AvgIpc) is 2.41. The lowest BCUT2D eigenvalue weighted by Crippen LogP contribution is -2.48. The number of aromatic nitrogens is 1. The van der Waals surface area contributed by atoms with Crippen LogP contribution in [0.2, 0.25) is 0 Å². The molecule has 1 amide bonds. The third-order valence-electron chi connectivity index (χ3n) is 3.32. The number of pyridine rings is 1. The highest BCUT2D eigenvalue weighted by atomic mass is 16.3. The van der Waals surface area contributed by atoms with Crippen LogP contribution in [0.25, 0.3) is 0 Å². The zero-order valence-electron chi connectivity index (χ0n) is 10.8. The summed E-state index contributed by atoms with van der Waals surface area (Å²) in [4.78, 5) is 19.6. The molecule has 1 aromatic heterocycles. The molecule has 1 fully saturated rings. The average molecular weight is 249 g/mol. The summed E-state index contributed by atoms with van der Waals surface area (Å²) in [5, 5.41) is 9.67. The van der Waals surface area contributed by atoms with Gasteiger partial charge in [-0.15, -0.1) is 0 Å². The van der Waals surface area contributed by atoms with Crippen LogP contribution in [0.15, 0.2) is 18.3 Å². The molecule has 1 aliphatic heterocycles. The summed E-state index contributed by atoms with van der Waals surface area (Å²) in [6.07, 6.45) is 1.87. The molecule has 1 aliphatic rings. The van der Waals surface area contributed by atoms with Crippen molar-refractivity contribution in [3.05, 3.63) is 24.0 Å². The molecule has 1 aromatic rings. The SMILES string of the molecule is CC[C@@H](O)c1ccc(N2CCN(C)C(=O)C2)cn1. The third-order valence-corrected chi connectivity index (χ3v) is 3.32. The molecular formula is C13H19N3O2. The van der Waals surface area contributed by atoms with Crippen molar-refractivity contribution in [2.45, 2.75) is 19.4 Å². The number of piperazine rings is 1. The van der Waals surface area contributed by atoms with E-state index in [0.717, 1.165) is 18.8 Å². The monoisotopic (exact) mass is 249 g/mol. The molecule has 0 unspecified atom stereocenters. The highest BCUT2D eigenvalue weighted by Gasteiger charge is 2.21. The third kappa shape index (κ3) is 2.61. The van der Waals surface area contributed by atoms with E-state index >= 15 is 0 Å². The van der Waals surface area contributed by atoms with E-state index in [-0.39, 0.29) is 5.91 Å². The van der Waals surface area contributed by atoms with Crippen LogP contribution in [-0.2, 0) is 4.79 Å². The standard InChI is InChI=1S/C13H19N3O2/c1-3-12(17)11-5-4-10(8-14-11)16-7-6-15(2)13(18)9-16/h4-5,8,12,17H,3,6-7,9H2,1-2H3/t12-/m1/s1. The Labute approximate surface area is 107 Å². The van der Waals surface area contributed by atoms with Gasteiger partial charge in [-0.25, -0.2) is 0 Å². The van der Waals surface area contributed by atoms with E-state index in [2.05, 4.69) is 4.98 Å². The fraction of sp³-hybridized carbons (Fsp3) is 0.538.